The quantitative estimate of drug-likeness (QED) is 0.460. The Balaban J connectivity index is 1.52. The molecule has 0 atom stereocenters. The van der Waals surface area contributed by atoms with Gasteiger partial charge in [-0.2, -0.15) is 0 Å². The van der Waals surface area contributed by atoms with Gasteiger partial charge in [0.15, 0.2) is 0 Å². The maximum absolute atomic E-state index is 5.88. The Morgan fingerprint density at radius 1 is 0.800 bits per heavy atom. The number of rotatable bonds is 7. The van der Waals surface area contributed by atoms with E-state index in [-0.39, 0.29) is 0 Å². The molecular weight excluding hydrogens is 324 g/mol. The van der Waals surface area contributed by atoms with Crippen LogP contribution in [0.15, 0.2) is 72.8 Å². The monoisotopic (exact) mass is 346 g/mol. The molecule has 0 aliphatic heterocycles. The average molecular weight is 347 g/mol. The maximum atomic E-state index is 5.88. The highest BCUT2D eigenvalue weighted by Gasteiger charge is 2.03. The molecule has 25 heavy (non-hydrogen) atoms. The van der Waals surface area contributed by atoms with Gasteiger partial charge >= 0.3 is 0 Å². The summed E-state index contributed by atoms with van der Waals surface area (Å²) in [5, 5.41) is 1.39. The maximum Gasteiger partial charge on any atom is 0.127 e. The summed E-state index contributed by atoms with van der Waals surface area (Å²) in [5.41, 5.74) is 3.85. The highest BCUT2D eigenvalue weighted by atomic mass is 28.2. The number of para-hydroxylation sites is 1. The Morgan fingerprint density at radius 3 is 2.40 bits per heavy atom. The summed E-state index contributed by atoms with van der Waals surface area (Å²) >= 11 is 0. The molecule has 2 nitrogen and oxygen atoms in total. The first-order chi connectivity index (χ1) is 12.2. The second kappa shape index (κ2) is 8.65. The van der Waals surface area contributed by atoms with E-state index in [0.717, 1.165) is 23.3 Å². The van der Waals surface area contributed by atoms with Crippen LogP contribution in [0.2, 0.25) is 0 Å². The molecule has 0 saturated heterocycles. The number of benzene rings is 3. The predicted octanol–water partition coefficient (Wildman–Crippen LogP) is 4.60. The first kappa shape index (κ1) is 17.5. The Hall–Kier alpha value is -2.36. The van der Waals surface area contributed by atoms with Crippen molar-refractivity contribution < 1.29 is 9.47 Å². The van der Waals surface area contributed by atoms with Gasteiger partial charge in [-0.05, 0) is 54.8 Å². The van der Waals surface area contributed by atoms with Crippen LogP contribution in [0.4, 0.5) is 0 Å². The fourth-order valence-electron chi connectivity index (χ4n) is 2.56. The lowest BCUT2D eigenvalue weighted by atomic mass is 10.1. The molecule has 0 amide bonds. The van der Waals surface area contributed by atoms with E-state index in [0.29, 0.717) is 16.1 Å². The number of aryl methyl sites for hydroxylation is 1. The summed E-state index contributed by atoms with van der Waals surface area (Å²) in [7, 11) is 0.673. The Bertz CT molecular complexity index is 815. The van der Waals surface area contributed by atoms with Crippen molar-refractivity contribution in [2.75, 3.05) is 6.23 Å². The van der Waals surface area contributed by atoms with Crippen LogP contribution in [0.1, 0.15) is 16.7 Å². The fraction of sp³-hybridized carbons (Fsp3) is 0.182. The summed E-state index contributed by atoms with van der Waals surface area (Å²) in [6.45, 7) is 4.94. The number of ether oxygens (including phenoxy) is 2. The summed E-state index contributed by atoms with van der Waals surface area (Å²) in [6.07, 6.45) is 0.744. The summed E-state index contributed by atoms with van der Waals surface area (Å²) in [6, 6.07) is 24.4. The van der Waals surface area contributed by atoms with Crippen molar-refractivity contribution in [3.05, 3.63) is 89.5 Å². The van der Waals surface area contributed by atoms with Crippen LogP contribution in [0, 0.1) is 13.8 Å². The van der Waals surface area contributed by atoms with Crippen LogP contribution in [0.25, 0.3) is 0 Å². The van der Waals surface area contributed by atoms with E-state index in [1.807, 2.05) is 48.5 Å². The van der Waals surface area contributed by atoms with Gasteiger partial charge in [-0.1, -0.05) is 53.7 Å². The zero-order valence-corrected chi connectivity index (χ0v) is 15.7. The zero-order valence-electron chi connectivity index (χ0n) is 14.7. The second-order valence-electron chi connectivity index (χ2n) is 5.98. The number of hydrogen-bond acceptors (Lipinski definition) is 2. The Morgan fingerprint density at radius 2 is 1.56 bits per heavy atom. The minimum atomic E-state index is 0.601. The third-order valence-electron chi connectivity index (χ3n) is 4.12. The summed E-state index contributed by atoms with van der Waals surface area (Å²) < 4.78 is 11.8. The molecule has 0 spiro atoms. The van der Waals surface area contributed by atoms with Crippen LogP contribution in [-0.2, 0) is 11.3 Å². The van der Waals surface area contributed by atoms with Crippen molar-refractivity contribution in [2.45, 2.75) is 20.5 Å². The van der Waals surface area contributed by atoms with Crippen LogP contribution in [0.3, 0.4) is 0 Å². The van der Waals surface area contributed by atoms with Gasteiger partial charge in [-0.3, -0.25) is 0 Å². The van der Waals surface area contributed by atoms with Gasteiger partial charge in [-0.25, -0.2) is 0 Å². The van der Waals surface area contributed by atoms with E-state index in [2.05, 4.69) is 38.1 Å². The minimum absolute atomic E-state index is 0.601. The molecular formula is C22H22O2Si. The molecule has 3 rings (SSSR count). The van der Waals surface area contributed by atoms with Crippen molar-refractivity contribution in [1.29, 1.82) is 0 Å². The molecule has 0 N–H and O–H groups in total. The van der Waals surface area contributed by atoms with E-state index in [1.54, 1.807) is 0 Å². The SMILES string of the molecule is Cc1cccc([Si]COCc2cccc(Oc3ccccc3)c2)c1C. The molecule has 0 unspecified atom stereocenters. The second-order valence-corrected chi connectivity index (χ2v) is 7.16. The Labute approximate surface area is 152 Å². The largest absolute Gasteiger partial charge is 0.457 e. The van der Waals surface area contributed by atoms with Gasteiger partial charge in [0.25, 0.3) is 0 Å². The summed E-state index contributed by atoms with van der Waals surface area (Å²) in [5.74, 6) is 1.68. The first-order valence-corrected chi connectivity index (χ1v) is 9.63. The highest BCUT2D eigenvalue weighted by molar-refractivity contribution is 6.53. The van der Waals surface area contributed by atoms with Gasteiger partial charge < -0.3 is 9.47 Å². The minimum Gasteiger partial charge on any atom is -0.457 e. The zero-order chi connectivity index (χ0) is 17.5. The van der Waals surface area contributed by atoms with Gasteiger partial charge in [0.2, 0.25) is 0 Å². The molecule has 0 bridgehead atoms. The highest BCUT2D eigenvalue weighted by Crippen LogP contribution is 2.22. The number of hydrogen-bond donors (Lipinski definition) is 0. The first-order valence-electron chi connectivity index (χ1n) is 8.42. The lowest BCUT2D eigenvalue weighted by molar-refractivity contribution is 0.164. The van der Waals surface area contributed by atoms with Crippen molar-refractivity contribution in [3.8, 4) is 11.5 Å². The molecule has 3 aromatic rings. The van der Waals surface area contributed by atoms with Crippen molar-refractivity contribution in [3.63, 3.8) is 0 Å². The van der Waals surface area contributed by atoms with Gasteiger partial charge in [0, 0.05) is 6.23 Å². The van der Waals surface area contributed by atoms with E-state index in [1.165, 1.54) is 16.3 Å². The molecule has 2 radical (unpaired) electrons. The van der Waals surface area contributed by atoms with Crippen LogP contribution in [-0.4, -0.2) is 15.7 Å². The normalized spacial score (nSPS) is 10.6. The topological polar surface area (TPSA) is 18.5 Å². The van der Waals surface area contributed by atoms with E-state index in [9.17, 15) is 0 Å². The third kappa shape index (κ3) is 5.05. The van der Waals surface area contributed by atoms with Crippen LogP contribution >= 0.6 is 0 Å². The van der Waals surface area contributed by atoms with Gasteiger partial charge in [0.1, 0.15) is 21.0 Å². The van der Waals surface area contributed by atoms with Gasteiger partial charge in [-0.15, -0.1) is 0 Å². The van der Waals surface area contributed by atoms with E-state index in [4.69, 9.17) is 9.47 Å². The molecule has 3 aromatic carbocycles. The molecule has 0 aliphatic rings. The smallest absolute Gasteiger partial charge is 0.127 e. The summed E-state index contributed by atoms with van der Waals surface area (Å²) in [4.78, 5) is 0. The molecule has 0 saturated carbocycles. The molecule has 0 fully saturated rings. The lowest BCUT2D eigenvalue weighted by Crippen LogP contribution is -2.23. The average Bonchev–Trinajstić information content (AvgIpc) is 2.63. The van der Waals surface area contributed by atoms with E-state index >= 15 is 0 Å². The van der Waals surface area contributed by atoms with Gasteiger partial charge in [0.05, 0.1) is 6.61 Å². The van der Waals surface area contributed by atoms with Crippen LogP contribution < -0.4 is 9.92 Å². The molecule has 0 aromatic heterocycles. The molecule has 0 heterocycles. The third-order valence-corrected chi connectivity index (χ3v) is 5.39. The Kier molecular flexibility index (Phi) is 6.04. The van der Waals surface area contributed by atoms with Crippen molar-refractivity contribution in [2.24, 2.45) is 0 Å². The molecule has 3 heteroatoms. The predicted molar refractivity (Wildman–Crippen MR) is 104 cm³/mol. The van der Waals surface area contributed by atoms with E-state index < -0.39 is 0 Å². The van der Waals surface area contributed by atoms with Crippen molar-refractivity contribution in [1.82, 2.24) is 0 Å². The standard InChI is InChI=1S/C22H22O2Si/c1-17-8-6-13-22(18(17)2)25-16-23-15-19-9-7-12-21(14-19)24-20-10-4-3-5-11-20/h3-14H,15-16H2,1-2H3. The van der Waals surface area contributed by atoms with Crippen LogP contribution in [0.5, 0.6) is 11.5 Å². The molecule has 0 aliphatic carbocycles. The molecule has 126 valence electrons. The van der Waals surface area contributed by atoms with Crippen molar-refractivity contribution >= 4 is 14.7 Å². The lowest BCUT2D eigenvalue weighted by Gasteiger charge is -2.10. The fourth-order valence-corrected chi connectivity index (χ4v) is 3.60.